The fourth-order valence-electron chi connectivity index (χ4n) is 6.13. The molecule has 0 radical (unpaired) electrons. The van der Waals surface area contributed by atoms with Crippen molar-refractivity contribution in [1.82, 2.24) is 29.7 Å². The first-order valence-electron chi connectivity index (χ1n) is 15.1. The first-order chi connectivity index (χ1) is 22.3. The molecule has 2 aliphatic heterocycles. The van der Waals surface area contributed by atoms with Crippen LogP contribution in [0.5, 0.6) is 5.75 Å². The number of benzene rings is 1. The third-order valence-electron chi connectivity index (χ3n) is 8.55. The first kappa shape index (κ1) is 33.8. The predicted molar refractivity (Wildman–Crippen MR) is 185 cm³/mol. The Morgan fingerprint density at radius 1 is 1.02 bits per heavy atom. The summed E-state index contributed by atoms with van der Waals surface area (Å²) < 4.78 is 63.0. The fraction of sp³-hybridized carbons (Fsp3) is 0.467. The number of methoxy groups -OCH3 is 1. The molecule has 0 unspecified atom stereocenters. The predicted octanol–water partition coefficient (Wildman–Crippen LogP) is 6.22. The number of thiophene rings is 1. The van der Waals surface area contributed by atoms with Crippen molar-refractivity contribution in [3.8, 4) is 5.75 Å². The molecule has 0 atom stereocenters. The Morgan fingerprint density at radius 2 is 1.72 bits per heavy atom. The molecule has 252 valence electrons. The Hall–Kier alpha value is -3.04. The molecule has 3 aromatic heterocycles. The average molecular weight is 755 g/mol. The van der Waals surface area contributed by atoms with Gasteiger partial charge >= 0.3 is 6.18 Å². The SMILES string of the molecule is COc1cc(N2CCC(N3CCN(C)CC3)CC2)c(C(F)(F)F)cc1Nc1ncc(Br)c(Nc2sc3nccnc3c2P(C)(C)=O)n1. The number of nitrogens with one attached hydrogen (secondary N) is 2. The zero-order valence-electron chi connectivity index (χ0n) is 26.4. The molecule has 0 saturated carbocycles. The summed E-state index contributed by atoms with van der Waals surface area (Å²) in [4.78, 5) is 24.8. The number of anilines is 5. The summed E-state index contributed by atoms with van der Waals surface area (Å²) in [7, 11) is 0.738. The number of aromatic nitrogens is 4. The summed E-state index contributed by atoms with van der Waals surface area (Å²) in [5.74, 6) is 0.591. The van der Waals surface area contributed by atoms with Crippen molar-refractivity contribution in [2.75, 3.05) is 82.3 Å². The maximum absolute atomic E-state index is 14.6. The molecular formula is C30H36BrF3N9O2PS. The van der Waals surface area contributed by atoms with Crippen LogP contribution < -0.4 is 25.6 Å². The van der Waals surface area contributed by atoms with Crippen LogP contribution in [0.3, 0.4) is 0 Å². The third-order valence-corrected chi connectivity index (χ3v) is 11.8. The molecule has 0 spiro atoms. The van der Waals surface area contributed by atoms with Gasteiger partial charge in [0.25, 0.3) is 0 Å². The molecule has 2 saturated heterocycles. The molecule has 4 aromatic rings. The zero-order chi connectivity index (χ0) is 33.5. The van der Waals surface area contributed by atoms with E-state index >= 15 is 0 Å². The number of rotatable bonds is 8. The highest BCUT2D eigenvalue weighted by Crippen LogP contribution is 2.46. The van der Waals surface area contributed by atoms with Gasteiger partial charge < -0.3 is 29.7 Å². The highest BCUT2D eigenvalue weighted by molar-refractivity contribution is 9.10. The summed E-state index contributed by atoms with van der Waals surface area (Å²) in [5, 5.41) is 7.25. The van der Waals surface area contributed by atoms with Crippen LogP contribution in [-0.4, -0.2) is 103 Å². The number of alkyl halides is 3. The molecule has 0 amide bonds. The van der Waals surface area contributed by atoms with E-state index in [1.54, 1.807) is 25.7 Å². The number of likely N-dealkylation sites (N-methyl/N-ethyl adjacent to an activating group) is 1. The van der Waals surface area contributed by atoms with Crippen molar-refractivity contribution in [2.45, 2.75) is 25.1 Å². The molecule has 11 nitrogen and oxygen atoms in total. The summed E-state index contributed by atoms with van der Waals surface area (Å²) >= 11 is 4.73. The van der Waals surface area contributed by atoms with Crippen molar-refractivity contribution in [3.63, 3.8) is 0 Å². The number of fused-ring (bicyclic) bond motifs is 1. The number of piperidine rings is 1. The molecule has 2 fully saturated rings. The average Bonchev–Trinajstić information content (AvgIpc) is 3.41. The molecule has 17 heteroatoms. The maximum Gasteiger partial charge on any atom is 0.418 e. The minimum Gasteiger partial charge on any atom is -0.494 e. The van der Waals surface area contributed by atoms with Gasteiger partial charge in [-0.3, -0.25) is 9.88 Å². The quantitative estimate of drug-likeness (QED) is 0.200. The number of nitrogens with zero attached hydrogens (tertiary/aromatic N) is 7. The van der Waals surface area contributed by atoms with Crippen LogP contribution in [-0.2, 0) is 10.7 Å². The lowest BCUT2D eigenvalue weighted by Crippen LogP contribution is -2.52. The number of piperazine rings is 1. The monoisotopic (exact) mass is 753 g/mol. The van der Waals surface area contributed by atoms with Crippen molar-refractivity contribution in [2.24, 2.45) is 0 Å². The van der Waals surface area contributed by atoms with E-state index in [1.165, 1.54) is 30.7 Å². The van der Waals surface area contributed by atoms with Crippen LogP contribution >= 0.6 is 34.4 Å². The number of halogens is 4. The largest absolute Gasteiger partial charge is 0.494 e. The van der Waals surface area contributed by atoms with E-state index in [9.17, 15) is 17.7 Å². The number of hydrogen-bond donors (Lipinski definition) is 2. The second-order valence-electron chi connectivity index (χ2n) is 12.1. The smallest absolute Gasteiger partial charge is 0.418 e. The first-order valence-corrected chi connectivity index (χ1v) is 19.4. The van der Waals surface area contributed by atoms with Crippen LogP contribution in [0.25, 0.3) is 10.3 Å². The zero-order valence-corrected chi connectivity index (χ0v) is 29.7. The highest BCUT2D eigenvalue weighted by Gasteiger charge is 2.38. The van der Waals surface area contributed by atoms with E-state index < -0.39 is 18.9 Å². The number of hydrogen-bond acceptors (Lipinski definition) is 12. The Labute approximate surface area is 283 Å². The maximum atomic E-state index is 14.6. The lowest BCUT2D eigenvalue weighted by Gasteiger charge is -2.43. The Balaban J connectivity index is 1.26. The van der Waals surface area contributed by atoms with Gasteiger partial charge in [0.1, 0.15) is 28.2 Å². The molecule has 5 heterocycles. The Morgan fingerprint density at radius 3 is 2.38 bits per heavy atom. The van der Waals surface area contributed by atoms with Crippen LogP contribution in [0.15, 0.2) is 35.2 Å². The minimum atomic E-state index is -4.60. The topological polar surface area (TPSA) is 112 Å². The molecule has 1 aromatic carbocycles. The van der Waals surface area contributed by atoms with E-state index in [4.69, 9.17) is 4.74 Å². The van der Waals surface area contributed by atoms with Gasteiger partial charge in [-0.1, -0.05) is 11.3 Å². The molecule has 0 bridgehead atoms. The lowest BCUT2D eigenvalue weighted by atomic mass is 10.00. The molecule has 0 aliphatic carbocycles. The van der Waals surface area contributed by atoms with Gasteiger partial charge in [-0.15, -0.1) is 0 Å². The summed E-state index contributed by atoms with van der Waals surface area (Å²) in [6.07, 6.45) is 1.58. The lowest BCUT2D eigenvalue weighted by molar-refractivity contribution is -0.137. The summed E-state index contributed by atoms with van der Waals surface area (Å²) in [5.41, 5.74) is -0.0404. The van der Waals surface area contributed by atoms with Gasteiger partial charge in [-0.05, 0) is 55.2 Å². The van der Waals surface area contributed by atoms with E-state index in [1.807, 2.05) is 4.90 Å². The van der Waals surface area contributed by atoms with Crippen LogP contribution in [0.4, 0.5) is 41.3 Å². The molecule has 2 N–H and O–H groups in total. The normalized spacial score (nSPS) is 17.3. The van der Waals surface area contributed by atoms with Crippen molar-refractivity contribution in [3.05, 3.63) is 40.8 Å². The van der Waals surface area contributed by atoms with Gasteiger partial charge in [0, 0.05) is 70.0 Å². The van der Waals surface area contributed by atoms with Crippen LogP contribution in [0, 0.1) is 0 Å². The van der Waals surface area contributed by atoms with Gasteiger partial charge in [0.2, 0.25) is 5.95 Å². The molecular weight excluding hydrogens is 718 g/mol. The van der Waals surface area contributed by atoms with E-state index in [2.05, 4.69) is 63.3 Å². The van der Waals surface area contributed by atoms with Gasteiger partial charge in [-0.2, -0.15) is 18.2 Å². The van der Waals surface area contributed by atoms with Gasteiger partial charge in [0.05, 0.1) is 33.8 Å². The van der Waals surface area contributed by atoms with Crippen molar-refractivity contribution < 1.29 is 22.5 Å². The second kappa shape index (κ2) is 13.5. The molecule has 2 aliphatic rings. The van der Waals surface area contributed by atoms with Crippen molar-refractivity contribution in [1.29, 1.82) is 0 Å². The van der Waals surface area contributed by atoms with E-state index in [0.29, 0.717) is 50.1 Å². The fourth-order valence-corrected chi connectivity index (χ4v) is 9.41. The second-order valence-corrected chi connectivity index (χ2v) is 17.1. The van der Waals surface area contributed by atoms with Gasteiger partial charge in [-0.25, -0.2) is 9.97 Å². The van der Waals surface area contributed by atoms with Crippen LogP contribution in [0.2, 0.25) is 0 Å². The molecule has 47 heavy (non-hydrogen) atoms. The third kappa shape index (κ3) is 7.36. The Kier molecular flexibility index (Phi) is 9.69. The minimum absolute atomic E-state index is 0.0398. The Bertz CT molecular complexity index is 1810. The van der Waals surface area contributed by atoms with Crippen LogP contribution in [0.1, 0.15) is 18.4 Å². The number of ether oxygens (including phenoxy) is 1. The van der Waals surface area contributed by atoms with E-state index in [0.717, 1.165) is 45.1 Å². The summed E-state index contributed by atoms with van der Waals surface area (Å²) in [6.45, 7) is 8.32. The van der Waals surface area contributed by atoms with Gasteiger partial charge in [0.15, 0.2) is 5.82 Å². The highest BCUT2D eigenvalue weighted by atomic mass is 79.9. The summed E-state index contributed by atoms with van der Waals surface area (Å²) in [6, 6.07) is 2.88. The standard InChI is InChI=1S/C30H36BrF3N9O2PS/c1-41-11-13-42(14-12-41)18-5-9-43(10-6-18)22-16-23(45-2)21(15-19(22)30(32,33)34)38-29-37-17-20(31)26(40-29)39-28-25(46(3,4)44)24-27(47-28)36-8-7-35-24/h7-8,15-18H,5-6,9-14H2,1-4H3,(H2,37,38,39,40). The molecule has 6 rings (SSSR count). The van der Waals surface area contributed by atoms with Crippen molar-refractivity contribution >= 4 is 78.2 Å². The van der Waals surface area contributed by atoms with E-state index in [-0.39, 0.29) is 23.1 Å².